The van der Waals surface area contributed by atoms with Crippen molar-refractivity contribution in [3.63, 3.8) is 0 Å². The highest BCUT2D eigenvalue weighted by molar-refractivity contribution is 5.97. The molecule has 4 heteroatoms. The SMILES string of the molecule is CC(C)OC(=O)c1cc(N)ccc1N(C)Cc1ccccc1. The first-order valence-electron chi connectivity index (χ1n) is 7.33. The lowest BCUT2D eigenvalue weighted by molar-refractivity contribution is 0.0378. The number of anilines is 2. The third kappa shape index (κ3) is 4.01. The molecule has 0 saturated carbocycles. The summed E-state index contributed by atoms with van der Waals surface area (Å²) in [5, 5.41) is 0. The highest BCUT2D eigenvalue weighted by Gasteiger charge is 2.17. The number of rotatable bonds is 5. The predicted octanol–water partition coefficient (Wildman–Crippen LogP) is 3.47. The predicted molar refractivity (Wildman–Crippen MR) is 90.0 cm³/mol. The minimum absolute atomic E-state index is 0.166. The summed E-state index contributed by atoms with van der Waals surface area (Å²) < 4.78 is 5.31. The van der Waals surface area contributed by atoms with Crippen LogP contribution in [0.4, 0.5) is 11.4 Å². The maximum Gasteiger partial charge on any atom is 0.340 e. The van der Waals surface area contributed by atoms with Crippen LogP contribution >= 0.6 is 0 Å². The molecule has 2 N–H and O–H groups in total. The molecule has 0 atom stereocenters. The normalized spacial score (nSPS) is 10.5. The molecular formula is C18H22N2O2. The number of nitrogen functional groups attached to an aromatic ring is 1. The van der Waals surface area contributed by atoms with Gasteiger partial charge in [0, 0.05) is 19.3 Å². The summed E-state index contributed by atoms with van der Waals surface area (Å²) in [6.45, 7) is 4.36. The molecule has 0 fully saturated rings. The van der Waals surface area contributed by atoms with E-state index in [9.17, 15) is 4.79 Å². The smallest absolute Gasteiger partial charge is 0.340 e. The molecule has 0 aliphatic carbocycles. The first-order valence-corrected chi connectivity index (χ1v) is 7.33. The fraction of sp³-hybridized carbons (Fsp3) is 0.278. The molecule has 22 heavy (non-hydrogen) atoms. The summed E-state index contributed by atoms with van der Waals surface area (Å²) in [6.07, 6.45) is -0.166. The van der Waals surface area contributed by atoms with Crippen molar-refractivity contribution in [1.29, 1.82) is 0 Å². The number of nitrogens with zero attached hydrogens (tertiary/aromatic N) is 1. The molecule has 0 spiro atoms. The van der Waals surface area contributed by atoms with Gasteiger partial charge in [-0.2, -0.15) is 0 Å². The first-order chi connectivity index (χ1) is 10.5. The summed E-state index contributed by atoms with van der Waals surface area (Å²) in [4.78, 5) is 14.3. The lowest BCUT2D eigenvalue weighted by Gasteiger charge is -2.22. The van der Waals surface area contributed by atoms with Gasteiger partial charge in [0.05, 0.1) is 17.4 Å². The number of carbonyl (C=O) groups is 1. The molecule has 2 aromatic rings. The second kappa shape index (κ2) is 6.98. The Morgan fingerprint density at radius 1 is 1.18 bits per heavy atom. The zero-order valence-corrected chi connectivity index (χ0v) is 13.2. The standard InChI is InChI=1S/C18H22N2O2/c1-13(2)22-18(21)16-11-15(19)9-10-17(16)20(3)12-14-7-5-4-6-8-14/h4-11,13H,12,19H2,1-3H3. The molecule has 0 aromatic heterocycles. The zero-order chi connectivity index (χ0) is 16.1. The molecule has 2 aromatic carbocycles. The van der Waals surface area contributed by atoms with E-state index in [1.807, 2.05) is 50.1 Å². The van der Waals surface area contributed by atoms with Crippen molar-refractivity contribution in [2.24, 2.45) is 0 Å². The largest absolute Gasteiger partial charge is 0.459 e. The molecule has 0 unspecified atom stereocenters. The van der Waals surface area contributed by atoms with Gasteiger partial charge in [-0.1, -0.05) is 30.3 Å². The van der Waals surface area contributed by atoms with Crippen molar-refractivity contribution < 1.29 is 9.53 Å². The number of hydrogen-bond acceptors (Lipinski definition) is 4. The average molecular weight is 298 g/mol. The Hall–Kier alpha value is -2.49. The van der Waals surface area contributed by atoms with Crippen LogP contribution in [0.5, 0.6) is 0 Å². The van der Waals surface area contributed by atoms with Gasteiger partial charge in [0.1, 0.15) is 0 Å². The maximum atomic E-state index is 12.3. The van der Waals surface area contributed by atoms with Gasteiger partial charge in [0.2, 0.25) is 0 Å². The summed E-state index contributed by atoms with van der Waals surface area (Å²) in [5.74, 6) is -0.350. The van der Waals surface area contributed by atoms with Gasteiger partial charge < -0.3 is 15.4 Å². The van der Waals surface area contributed by atoms with E-state index in [0.717, 1.165) is 5.69 Å². The summed E-state index contributed by atoms with van der Waals surface area (Å²) in [7, 11) is 1.95. The van der Waals surface area contributed by atoms with E-state index in [1.165, 1.54) is 5.56 Å². The number of esters is 1. The Morgan fingerprint density at radius 2 is 1.86 bits per heavy atom. The third-order valence-corrected chi connectivity index (χ3v) is 3.26. The van der Waals surface area contributed by atoms with Crippen LogP contribution in [-0.4, -0.2) is 19.1 Å². The molecular weight excluding hydrogens is 276 g/mol. The van der Waals surface area contributed by atoms with Crippen molar-refractivity contribution in [2.75, 3.05) is 17.7 Å². The van der Waals surface area contributed by atoms with Gasteiger partial charge in [0.15, 0.2) is 0 Å². The lowest BCUT2D eigenvalue weighted by Crippen LogP contribution is -2.21. The monoisotopic (exact) mass is 298 g/mol. The molecule has 0 aliphatic rings. The van der Waals surface area contributed by atoms with Crippen molar-refractivity contribution in [2.45, 2.75) is 26.5 Å². The van der Waals surface area contributed by atoms with Crippen LogP contribution in [-0.2, 0) is 11.3 Å². The Bertz CT molecular complexity index is 639. The summed E-state index contributed by atoms with van der Waals surface area (Å²) in [5.41, 5.74) is 8.84. The summed E-state index contributed by atoms with van der Waals surface area (Å²) >= 11 is 0. The van der Waals surface area contributed by atoms with Gasteiger partial charge in [-0.25, -0.2) is 4.79 Å². The molecule has 0 radical (unpaired) electrons. The quantitative estimate of drug-likeness (QED) is 0.678. The minimum atomic E-state index is -0.350. The van der Waals surface area contributed by atoms with E-state index >= 15 is 0 Å². The van der Waals surface area contributed by atoms with Crippen LogP contribution in [0.15, 0.2) is 48.5 Å². The van der Waals surface area contributed by atoms with E-state index in [2.05, 4.69) is 12.1 Å². The maximum absolute atomic E-state index is 12.3. The number of benzene rings is 2. The van der Waals surface area contributed by atoms with Crippen LogP contribution in [0.1, 0.15) is 29.8 Å². The van der Waals surface area contributed by atoms with Crippen LogP contribution in [0.25, 0.3) is 0 Å². The second-order valence-corrected chi connectivity index (χ2v) is 5.57. The zero-order valence-electron chi connectivity index (χ0n) is 13.2. The fourth-order valence-electron chi connectivity index (χ4n) is 2.27. The van der Waals surface area contributed by atoms with Crippen LogP contribution in [0.3, 0.4) is 0 Å². The van der Waals surface area contributed by atoms with E-state index in [4.69, 9.17) is 10.5 Å². The highest BCUT2D eigenvalue weighted by Crippen LogP contribution is 2.25. The Kier molecular flexibility index (Phi) is 5.04. The van der Waals surface area contributed by atoms with Crippen LogP contribution < -0.4 is 10.6 Å². The molecule has 0 bridgehead atoms. The molecule has 0 saturated heterocycles. The van der Waals surface area contributed by atoms with Crippen LogP contribution in [0.2, 0.25) is 0 Å². The van der Waals surface area contributed by atoms with Crippen molar-refractivity contribution >= 4 is 17.3 Å². The second-order valence-electron chi connectivity index (χ2n) is 5.57. The molecule has 0 amide bonds. The van der Waals surface area contributed by atoms with Crippen molar-refractivity contribution in [3.8, 4) is 0 Å². The fourth-order valence-corrected chi connectivity index (χ4v) is 2.27. The first kappa shape index (κ1) is 15.9. The highest BCUT2D eigenvalue weighted by atomic mass is 16.5. The summed E-state index contributed by atoms with van der Waals surface area (Å²) in [6, 6.07) is 15.4. The van der Waals surface area contributed by atoms with E-state index in [-0.39, 0.29) is 12.1 Å². The number of ether oxygens (including phenoxy) is 1. The van der Waals surface area contributed by atoms with E-state index < -0.39 is 0 Å². The van der Waals surface area contributed by atoms with Crippen LogP contribution in [0, 0.1) is 0 Å². The Balaban J connectivity index is 2.27. The van der Waals surface area contributed by atoms with Gasteiger partial charge in [-0.15, -0.1) is 0 Å². The molecule has 0 aliphatic heterocycles. The van der Waals surface area contributed by atoms with Crippen molar-refractivity contribution in [3.05, 3.63) is 59.7 Å². The number of hydrogen-bond donors (Lipinski definition) is 1. The van der Waals surface area contributed by atoms with Crippen molar-refractivity contribution in [1.82, 2.24) is 0 Å². The molecule has 4 nitrogen and oxygen atoms in total. The van der Waals surface area contributed by atoms with Gasteiger partial charge in [0.25, 0.3) is 0 Å². The van der Waals surface area contributed by atoms with E-state index in [0.29, 0.717) is 17.8 Å². The molecule has 0 heterocycles. The third-order valence-electron chi connectivity index (χ3n) is 3.26. The van der Waals surface area contributed by atoms with Gasteiger partial charge in [-0.3, -0.25) is 0 Å². The Morgan fingerprint density at radius 3 is 2.50 bits per heavy atom. The lowest BCUT2D eigenvalue weighted by atomic mass is 10.1. The number of carbonyl (C=O) groups excluding carboxylic acids is 1. The number of nitrogens with two attached hydrogens (primary N) is 1. The topological polar surface area (TPSA) is 55.6 Å². The van der Waals surface area contributed by atoms with Gasteiger partial charge >= 0.3 is 5.97 Å². The molecule has 116 valence electrons. The average Bonchev–Trinajstić information content (AvgIpc) is 2.47. The Labute approximate surface area is 131 Å². The minimum Gasteiger partial charge on any atom is -0.459 e. The van der Waals surface area contributed by atoms with Gasteiger partial charge in [-0.05, 0) is 37.6 Å². The van der Waals surface area contributed by atoms with E-state index in [1.54, 1.807) is 12.1 Å². The molecule has 2 rings (SSSR count).